The molecular weight excluding hydrogens is 349 g/mol. The van der Waals surface area contributed by atoms with Crippen molar-refractivity contribution in [2.75, 3.05) is 26.2 Å². The molecule has 0 aromatic heterocycles. The predicted octanol–water partition coefficient (Wildman–Crippen LogP) is 2.01. The fourth-order valence-corrected chi connectivity index (χ4v) is 3.54. The molecule has 0 bridgehead atoms. The average molecular weight is 376 g/mol. The zero-order valence-electron chi connectivity index (χ0n) is 13.8. The number of phenols is 1. The number of carbonyl (C=O) groups is 1. The minimum Gasteiger partial charge on any atom is -0.508 e. The first-order valence-corrected chi connectivity index (χ1v) is 8.16. The molecule has 2 atom stereocenters. The van der Waals surface area contributed by atoms with E-state index in [9.17, 15) is 9.90 Å². The summed E-state index contributed by atoms with van der Waals surface area (Å²) in [4.78, 5) is 16.8. The van der Waals surface area contributed by atoms with Crippen molar-refractivity contribution in [3.63, 3.8) is 0 Å². The number of aromatic hydroxyl groups is 1. The highest BCUT2D eigenvalue weighted by Crippen LogP contribution is 2.26. The Morgan fingerprint density at radius 3 is 2.46 bits per heavy atom. The van der Waals surface area contributed by atoms with Gasteiger partial charge in [0, 0.05) is 44.7 Å². The SMILES string of the molecule is Cl.Cl.NC1CCC(C(=O)N2CCN(Cc3cccc(O)c3)CC2)C1. The number of amides is 1. The van der Waals surface area contributed by atoms with Crippen molar-refractivity contribution < 1.29 is 9.90 Å². The molecule has 1 saturated carbocycles. The van der Waals surface area contributed by atoms with E-state index in [2.05, 4.69) is 4.90 Å². The second-order valence-corrected chi connectivity index (χ2v) is 6.54. The van der Waals surface area contributed by atoms with Gasteiger partial charge in [-0.1, -0.05) is 12.1 Å². The van der Waals surface area contributed by atoms with Crippen LogP contribution in [-0.2, 0) is 11.3 Å². The fraction of sp³-hybridized carbons (Fsp3) is 0.588. The molecule has 1 saturated heterocycles. The van der Waals surface area contributed by atoms with E-state index in [4.69, 9.17) is 5.73 Å². The van der Waals surface area contributed by atoms with Gasteiger partial charge in [0.15, 0.2) is 0 Å². The first-order chi connectivity index (χ1) is 10.6. The fourth-order valence-electron chi connectivity index (χ4n) is 3.54. The lowest BCUT2D eigenvalue weighted by Gasteiger charge is -2.36. The summed E-state index contributed by atoms with van der Waals surface area (Å²) in [6.07, 6.45) is 2.78. The van der Waals surface area contributed by atoms with E-state index >= 15 is 0 Å². The number of rotatable bonds is 3. The summed E-state index contributed by atoms with van der Waals surface area (Å²) in [6, 6.07) is 7.59. The van der Waals surface area contributed by atoms with Crippen molar-refractivity contribution in [3.8, 4) is 5.75 Å². The van der Waals surface area contributed by atoms with Crippen LogP contribution in [0.5, 0.6) is 5.75 Å². The lowest BCUT2D eigenvalue weighted by atomic mass is 10.1. The predicted molar refractivity (Wildman–Crippen MR) is 99.8 cm³/mol. The Hall–Kier alpha value is -1.01. The summed E-state index contributed by atoms with van der Waals surface area (Å²) in [5.74, 6) is 0.751. The molecule has 7 heteroatoms. The molecule has 1 aliphatic heterocycles. The number of carbonyl (C=O) groups excluding carboxylic acids is 1. The first kappa shape index (κ1) is 21.0. The van der Waals surface area contributed by atoms with Crippen molar-refractivity contribution in [2.24, 2.45) is 11.7 Å². The number of phenolic OH excluding ortho intramolecular Hbond substituents is 1. The molecule has 3 N–H and O–H groups in total. The van der Waals surface area contributed by atoms with Crippen LogP contribution in [0.1, 0.15) is 24.8 Å². The van der Waals surface area contributed by atoms with Crippen molar-refractivity contribution in [1.29, 1.82) is 0 Å². The van der Waals surface area contributed by atoms with E-state index < -0.39 is 0 Å². The molecule has 1 amide bonds. The normalized spacial score (nSPS) is 24.1. The van der Waals surface area contributed by atoms with Gasteiger partial charge in [-0.05, 0) is 37.0 Å². The standard InChI is InChI=1S/C17H25N3O2.2ClH/c18-15-5-4-14(11-15)17(22)20-8-6-19(7-9-20)12-13-2-1-3-16(21)10-13;;/h1-3,10,14-15,21H,4-9,11-12,18H2;2*1H. The summed E-state index contributed by atoms with van der Waals surface area (Å²) in [5, 5.41) is 9.52. The van der Waals surface area contributed by atoms with Crippen molar-refractivity contribution in [3.05, 3.63) is 29.8 Å². The molecule has 1 heterocycles. The summed E-state index contributed by atoms with van der Waals surface area (Å²) >= 11 is 0. The largest absolute Gasteiger partial charge is 0.508 e. The minimum atomic E-state index is 0. The molecule has 1 aromatic rings. The Morgan fingerprint density at radius 1 is 1.17 bits per heavy atom. The Morgan fingerprint density at radius 2 is 1.88 bits per heavy atom. The van der Waals surface area contributed by atoms with Gasteiger partial charge in [0.25, 0.3) is 0 Å². The number of hydrogen-bond donors (Lipinski definition) is 2. The molecule has 136 valence electrons. The van der Waals surface area contributed by atoms with E-state index in [0.717, 1.165) is 57.5 Å². The number of hydrogen-bond acceptors (Lipinski definition) is 4. The molecule has 1 aromatic carbocycles. The molecule has 0 spiro atoms. The lowest BCUT2D eigenvalue weighted by Crippen LogP contribution is -2.49. The summed E-state index contributed by atoms with van der Waals surface area (Å²) in [5.41, 5.74) is 7.03. The molecule has 5 nitrogen and oxygen atoms in total. The molecule has 2 fully saturated rings. The zero-order chi connectivity index (χ0) is 15.5. The molecule has 24 heavy (non-hydrogen) atoms. The maximum Gasteiger partial charge on any atom is 0.225 e. The molecule has 1 aliphatic carbocycles. The Balaban J connectivity index is 0.00000144. The van der Waals surface area contributed by atoms with Crippen LogP contribution in [0.2, 0.25) is 0 Å². The minimum absolute atomic E-state index is 0. The summed E-state index contributed by atoms with van der Waals surface area (Å²) in [7, 11) is 0. The van der Waals surface area contributed by atoms with Gasteiger partial charge >= 0.3 is 0 Å². The highest BCUT2D eigenvalue weighted by Gasteiger charge is 2.32. The second-order valence-electron chi connectivity index (χ2n) is 6.54. The monoisotopic (exact) mass is 375 g/mol. The van der Waals surface area contributed by atoms with E-state index in [1.807, 2.05) is 17.0 Å². The van der Waals surface area contributed by atoms with Crippen molar-refractivity contribution in [2.45, 2.75) is 31.8 Å². The van der Waals surface area contributed by atoms with Gasteiger partial charge in [0.1, 0.15) is 5.75 Å². The topological polar surface area (TPSA) is 69.8 Å². The van der Waals surface area contributed by atoms with Crippen molar-refractivity contribution in [1.82, 2.24) is 9.80 Å². The van der Waals surface area contributed by atoms with Crippen LogP contribution in [-0.4, -0.2) is 53.0 Å². The van der Waals surface area contributed by atoms with Gasteiger partial charge in [-0.3, -0.25) is 9.69 Å². The van der Waals surface area contributed by atoms with E-state index in [-0.39, 0.29) is 36.8 Å². The van der Waals surface area contributed by atoms with Gasteiger partial charge in [-0.2, -0.15) is 0 Å². The smallest absolute Gasteiger partial charge is 0.225 e. The molecular formula is C17H27Cl2N3O2. The summed E-state index contributed by atoms with van der Waals surface area (Å²) < 4.78 is 0. The molecule has 2 aliphatic rings. The van der Waals surface area contributed by atoms with Crippen LogP contribution in [0.3, 0.4) is 0 Å². The third-order valence-corrected chi connectivity index (χ3v) is 4.82. The second kappa shape index (κ2) is 9.47. The van der Waals surface area contributed by atoms with Crippen LogP contribution in [0.4, 0.5) is 0 Å². The van der Waals surface area contributed by atoms with Crippen LogP contribution >= 0.6 is 24.8 Å². The van der Waals surface area contributed by atoms with Crippen LogP contribution in [0.15, 0.2) is 24.3 Å². The maximum atomic E-state index is 12.5. The van der Waals surface area contributed by atoms with Gasteiger partial charge < -0.3 is 15.7 Å². The molecule has 2 unspecified atom stereocenters. The highest BCUT2D eigenvalue weighted by atomic mass is 35.5. The number of nitrogens with zero attached hydrogens (tertiary/aromatic N) is 2. The number of halogens is 2. The van der Waals surface area contributed by atoms with Gasteiger partial charge in [0.2, 0.25) is 5.91 Å². The first-order valence-electron chi connectivity index (χ1n) is 8.16. The Labute approximate surface area is 156 Å². The molecule has 3 rings (SSSR count). The van der Waals surface area contributed by atoms with Crippen LogP contribution < -0.4 is 5.73 Å². The number of piperazine rings is 1. The van der Waals surface area contributed by atoms with Crippen LogP contribution in [0.25, 0.3) is 0 Å². The van der Waals surface area contributed by atoms with Gasteiger partial charge in [0.05, 0.1) is 0 Å². The third kappa shape index (κ3) is 5.24. The van der Waals surface area contributed by atoms with E-state index in [1.165, 1.54) is 0 Å². The summed E-state index contributed by atoms with van der Waals surface area (Å²) in [6.45, 7) is 4.19. The lowest BCUT2D eigenvalue weighted by molar-refractivity contribution is -0.137. The third-order valence-electron chi connectivity index (χ3n) is 4.82. The van der Waals surface area contributed by atoms with Gasteiger partial charge in [-0.25, -0.2) is 0 Å². The Kier molecular flexibility index (Phi) is 8.30. The van der Waals surface area contributed by atoms with E-state index in [1.54, 1.807) is 12.1 Å². The van der Waals surface area contributed by atoms with Crippen molar-refractivity contribution >= 4 is 30.7 Å². The maximum absolute atomic E-state index is 12.5. The number of benzene rings is 1. The van der Waals surface area contributed by atoms with Crippen LogP contribution in [0, 0.1) is 5.92 Å². The molecule has 0 radical (unpaired) electrons. The van der Waals surface area contributed by atoms with Gasteiger partial charge in [-0.15, -0.1) is 24.8 Å². The average Bonchev–Trinajstić information content (AvgIpc) is 2.94. The zero-order valence-corrected chi connectivity index (χ0v) is 15.4. The Bertz CT molecular complexity index is 536. The van der Waals surface area contributed by atoms with E-state index in [0.29, 0.717) is 11.7 Å². The highest BCUT2D eigenvalue weighted by molar-refractivity contribution is 5.85. The number of nitrogens with two attached hydrogens (primary N) is 1. The quantitative estimate of drug-likeness (QED) is 0.847.